The summed E-state index contributed by atoms with van der Waals surface area (Å²) < 4.78 is 4.99. The van der Waals surface area contributed by atoms with Crippen LogP contribution in [0.5, 0.6) is 0 Å². The number of aromatic amines is 1. The number of ether oxygens (including phenoxy) is 1. The SMILES string of the molecule is COCCCNC(=S)NCCc1c[nH]c2ccccc12. The van der Waals surface area contributed by atoms with Crippen LogP contribution in [0, 0.1) is 0 Å². The van der Waals surface area contributed by atoms with E-state index in [4.69, 9.17) is 17.0 Å². The molecule has 0 saturated carbocycles. The van der Waals surface area contributed by atoms with Crippen molar-refractivity contribution in [2.45, 2.75) is 12.8 Å². The van der Waals surface area contributed by atoms with Crippen LogP contribution < -0.4 is 10.6 Å². The van der Waals surface area contributed by atoms with Gasteiger partial charge in [0.15, 0.2) is 5.11 Å². The van der Waals surface area contributed by atoms with E-state index in [0.29, 0.717) is 5.11 Å². The highest BCUT2D eigenvalue weighted by atomic mass is 32.1. The average molecular weight is 291 g/mol. The minimum atomic E-state index is 0.709. The van der Waals surface area contributed by atoms with Gasteiger partial charge in [-0.1, -0.05) is 18.2 Å². The number of hydrogen-bond acceptors (Lipinski definition) is 2. The van der Waals surface area contributed by atoms with Gasteiger partial charge >= 0.3 is 0 Å². The van der Waals surface area contributed by atoms with E-state index in [-0.39, 0.29) is 0 Å². The fourth-order valence-corrected chi connectivity index (χ4v) is 2.33. The molecule has 1 aromatic carbocycles. The Morgan fingerprint density at radius 2 is 2.05 bits per heavy atom. The smallest absolute Gasteiger partial charge is 0.166 e. The monoisotopic (exact) mass is 291 g/mol. The van der Waals surface area contributed by atoms with Crippen molar-refractivity contribution in [3.63, 3.8) is 0 Å². The molecule has 108 valence electrons. The highest BCUT2D eigenvalue weighted by molar-refractivity contribution is 7.80. The van der Waals surface area contributed by atoms with E-state index < -0.39 is 0 Å². The zero-order chi connectivity index (χ0) is 14.2. The molecule has 2 aromatic rings. The molecule has 2 rings (SSSR count). The van der Waals surface area contributed by atoms with Crippen LogP contribution in [0.4, 0.5) is 0 Å². The normalized spacial score (nSPS) is 10.7. The van der Waals surface area contributed by atoms with Gasteiger partial charge in [0, 0.05) is 43.9 Å². The van der Waals surface area contributed by atoms with Crippen LogP contribution in [0.25, 0.3) is 10.9 Å². The third kappa shape index (κ3) is 4.21. The maximum atomic E-state index is 5.22. The zero-order valence-corrected chi connectivity index (χ0v) is 12.6. The van der Waals surface area contributed by atoms with E-state index in [0.717, 1.165) is 32.5 Å². The van der Waals surface area contributed by atoms with E-state index >= 15 is 0 Å². The summed E-state index contributed by atoms with van der Waals surface area (Å²) >= 11 is 5.22. The Kier molecular flexibility index (Phi) is 5.83. The molecular weight excluding hydrogens is 270 g/mol. The molecule has 0 unspecified atom stereocenters. The Morgan fingerprint density at radius 1 is 1.25 bits per heavy atom. The Morgan fingerprint density at radius 3 is 2.90 bits per heavy atom. The molecule has 20 heavy (non-hydrogen) atoms. The van der Waals surface area contributed by atoms with E-state index in [1.165, 1.54) is 16.5 Å². The Balaban J connectivity index is 1.71. The minimum Gasteiger partial charge on any atom is -0.385 e. The molecule has 0 aliphatic heterocycles. The van der Waals surface area contributed by atoms with Crippen molar-refractivity contribution in [3.8, 4) is 0 Å². The number of hydrogen-bond donors (Lipinski definition) is 3. The lowest BCUT2D eigenvalue weighted by Gasteiger charge is -2.09. The van der Waals surface area contributed by atoms with Crippen LogP contribution in [0.3, 0.4) is 0 Å². The van der Waals surface area contributed by atoms with Gasteiger partial charge in [-0.25, -0.2) is 0 Å². The quantitative estimate of drug-likeness (QED) is 0.541. The van der Waals surface area contributed by atoms with Crippen molar-refractivity contribution in [1.82, 2.24) is 15.6 Å². The van der Waals surface area contributed by atoms with Crippen molar-refractivity contribution in [2.75, 3.05) is 26.8 Å². The molecule has 0 bridgehead atoms. The van der Waals surface area contributed by atoms with Crippen molar-refractivity contribution in [3.05, 3.63) is 36.0 Å². The standard InChI is InChI=1S/C15H21N3OS/c1-19-10-4-8-16-15(20)17-9-7-12-11-18-14-6-3-2-5-13(12)14/h2-3,5-6,11,18H,4,7-10H2,1H3,(H2,16,17,20). The first-order valence-corrected chi connectivity index (χ1v) is 7.27. The van der Waals surface area contributed by atoms with Crippen LogP contribution in [-0.2, 0) is 11.2 Å². The van der Waals surface area contributed by atoms with Gasteiger partial charge in [-0.05, 0) is 36.7 Å². The highest BCUT2D eigenvalue weighted by Gasteiger charge is 2.02. The second-order valence-corrected chi connectivity index (χ2v) is 5.05. The largest absolute Gasteiger partial charge is 0.385 e. The summed E-state index contributed by atoms with van der Waals surface area (Å²) in [5.74, 6) is 0. The predicted octanol–water partition coefficient (Wildman–Crippen LogP) is 2.21. The zero-order valence-electron chi connectivity index (χ0n) is 11.7. The molecule has 0 spiro atoms. The number of H-pyrrole nitrogens is 1. The second kappa shape index (κ2) is 7.87. The van der Waals surface area contributed by atoms with Gasteiger partial charge in [0.1, 0.15) is 0 Å². The molecule has 0 saturated heterocycles. The first kappa shape index (κ1) is 14.8. The van der Waals surface area contributed by atoms with Gasteiger partial charge < -0.3 is 20.4 Å². The van der Waals surface area contributed by atoms with Crippen LogP contribution in [0.15, 0.2) is 30.5 Å². The number of aromatic nitrogens is 1. The number of benzene rings is 1. The Bertz CT molecular complexity index is 553. The minimum absolute atomic E-state index is 0.709. The number of fused-ring (bicyclic) bond motifs is 1. The summed E-state index contributed by atoms with van der Waals surface area (Å²) in [6, 6.07) is 8.34. The third-order valence-electron chi connectivity index (χ3n) is 3.17. The summed E-state index contributed by atoms with van der Waals surface area (Å²) in [5, 5.41) is 8.39. The molecular formula is C15H21N3OS. The summed E-state index contributed by atoms with van der Waals surface area (Å²) in [6.07, 6.45) is 3.98. The molecule has 1 heterocycles. The molecule has 4 nitrogen and oxygen atoms in total. The maximum Gasteiger partial charge on any atom is 0.166 e. The second-order valence-electron chi connectivity index (χ2n) is 4.64. The van der Waals surface area contributed by atoms with Crippen LogP contribution in [0.1, 0.15) is 12.0 Å². The van der Waals surface area contributed by atoms with Crippen LogP contribution >= 0.6 is 12.2 Å². The number of methoxy groups -OCH3 is 1. The van der Waals surface area contributed by atoms with Crippen molar-refractivity contribution >= 4 is 28.2 Å². The van der Waals surface area contributed by atoms with Crippen molar-refractivity contribution < 1.29 is 4.74 Å². The molecule has 0 radical (unpaired) electrons. The van der Waals surface area contributed by atoms with Gasteiger partial charge in [-0.15, -0.1) is 0 Å². The topological polar surface area (TPSA) is 49.1 Å². The van der Waals surface area contributed by atoms with E-state index in [2.05, 4.69) is 40.0 Å². The maximum absolute atomic E-state index is 5.22. The summed E-state index contributed by atoms with van der Waals surface area (Å²) in [5.41, 5.74) is 2.50. The lowest BCUT2D eigenvalue weighted by Crippen LogP contribution is -2.37. The predicted molar refractivity (Wildman–Crippen MR) is 87.1 cm³/mol. The first-order valence-electron chi connectivity index (χ1n) is 6.87. The molecule has 3 N–H and O–H groups in total. The van der Waals surface area contributed by atoms with E-state index in [1.807, 2.05) is 6.07 Å². The number of thiocarbonyl (C=S) groups is 1. The third-order valence-corrected chi connectivity index (χ3v) is 3.45. The molecule has 0 amide bonds. The Hall–Kier alpha value is -1.59. The lowest BCUT2D eigenvalue weighted by atomic mass is 10.1. The molecule has 5 heteroatoms. The molecule has 0 aliphatic carbocycles. The van der Waals surface area contributed by atoms with Gasteiger partial charge in [-0.3, -0.25) is 0 Å². The van der Waals surface area contributed by atoms with Crippen molar-refractivity contribution in [1.29, 1.82) is 0 Å². The fourth-order valence-electron chi connectivity index (χ4n) is 2.13. The average Bonchev–Trinajstić information content (AvgIpc) is 2.87. The number of para-hydroxylation sites is 1. The summed E-state index contributed by atoms with van der Waals surface area (Å²) in [4.78, 5) is 3.28. The molecule has 1 aromatic heterocycles. The number of nitrogens with one attached hydrogen (secondary N) is 3. The van der Waals surface area contributed by atoms with E-state index in [9.17, 15) is 0 Å². The fraction of sp³-hybridized carbons (Fsp3) is 0.400. The van der Waals surface area contributed by atoms with Crippen LogP contribution in [-0.4, -0.2) is 36.9 Å². The Labute approximate surface area is 124 Å². The summed E-state index contributed by atoms with van der Waals surface area (Å²) in [6.45, 7) is 2.43. The highest BCUT2D eigenvalue weighted by Crippen LogP contribution is 2.17. The first-order chi connectivity index (χ1) is 9.81. The van der Waals surface area contributed by atoms with Gasteiger partial charge in [0.25, 0.3) is 0 Å². The van der Waals surface area contributed by atoms with Gasteiger partial charge in [0.2, 0.25) is 0 Å². The lowest BCUT2D eigenvalue weighted by molar-refractivity contribution is 0.195. The summed E-state index contributed by atoms with van der Waals surface area (Å²) in [7, 11) is 1.71. The van der Waals surface area contributed by atoms with Crippen LogP contribution in [0.2, 0.25) is 0 Å². The van der Waals surface area contributed by atoms with Gasteiger partial charge in [0.05, 0.1) is 0 Å². The van der Waals surface area contributed by atoms with E-state index in [1.54, 1.807) is 7.11 Å². The molecule has 0 aliphatic rings. The molecule has 0 atom stereocenters. The number of rotatable bonds is 7. The van der Waals surface area contributed by atoms with Crippen molar-refractivity contribution in [2.24, 2.45) is 0 Å². The van der Waals surface area contributed by atoms with Gasteiger partial charge in [-0.2, -0.15) is 0 Å². The molecule has 0 fully saturated rings.